The van der Waals surface area contributed by atoms with Crippen molar-refractivity contribution in [3.63, 3.8) is 0 Å². The highest BCUT2D eigenvalue weighted by Gasteiger charge is 2.21. The van der Waals surface area contributed by atoms with Crippen LogP contribution in [0, 0.1) is 11.3 Å². The average Bonchev–Trinajstić information content (AvgIpc) is 2.18. The van der Waals surface area contributed by atoms with Crippen molar-refractivity contribution in [2.75, 3.05) is 26.4 Å². The van der Waals surface area contributed by atoms with E-state index >= 15 is 0 Å². The molecule has 0 amide bonds. The molecule has 0 radical (unpaired) electrons. The third-order valence-corrected chi connectivity index (χ3v) is 2.76. The van der Waals surface area contributed by atoms with Crippen LogP contribution in [0.25, 0.3) is 0 Å². The van der Waals surface area contributed by atoms with Gasteiger partial charge in [-0.2, -0.15) is 0 Å². The van der Waals surface area contributed by atoms with Crippen LogP contribution in [-0.4, -0.2) is 32.2 Å². The van der Waals surface area contributed by atoms with Crippen LogP contribution in [0.5, 0.6) is 0 Å². The highest BCUT2D eigenvalue weighted by molar-refractivity contribution is 5.84. The summed E-state index contributed by atoms with van der Waals surface area (Å²) in [6.07, 6.45) is 2.12. The first-order valence-electron chi connectivity index (χ1n) is 5.69. The van der Waals surface area contributed by atoms with Crippen molar-refractivity contribution in [3.8, 4) is 0 Å². The molecule has 15 heavy (non-hydrogen) atoms. The van der Waals surface area contributed by atoms with E-state index in [0.717, 1.165) is 26.1 Å². The summed E-state index contributed by atoms with van der Waals surface area (Å²) >= 11 is 0. The second-order valence-corrected chi connectivity index (χ2v) is 5.24. The van der Waals surface area contributed by atoms with Gasteiger partial charge in [0.25, 0.3) is 0 Å². The molecular formula is C12H22O3. The smallest absolute Gasteiger partial charge is 0.163 e. The number of rotatable bonds is 4. The fraction of sp³-hybridized carbons (Fsp3) is 0.917. The van der Waals surface area contributed by atoms with Crippen molar-refractivity contribution < 1.29 is 14.3 Å². The van der Waals surface area contributed by atoms with Gasteiger partial charge in [-0.05, 0) is 18.8 Å². The molecule has 0 spiro atoms. The van der Waals surface area contributed by atoms with E-state index in [0.29, 0.717) is 12.5 Å². The maximum Gasteiger partial charge on any atom is 0.163 e. The quantitative estimate of drug-likeness (QED) is 0.718. The molecule has 0 aliphatic carbocycles. The van der Waals surface area contributed by atoms with Gasteiger partial charge in [0.2, 0.25) is 0 Å². The van der Waals surface area contributed by atoms with E-state index in [1.807, 2.05) is 20.8 Å². The Morgan fingerprint density at radius 2 is 1.93 bits per heavy atom. The second-order valence-electron chi connectivity index (χ2n) is 5.24. The molecule has 0 aromatic carbocycles. The molecule has 1 heterocycles. The fourth-order valence-corrected chi connectivity index (χ4v) is 1.45. The van der Waals surface area contributed by atoms with Gasteiger partial charge >= 0.3 is 0 Å². The Balaban J connectivity index is 2.12. The van der Waals surface area contributed by atoms with Gasteiger partial charge in [0.05, 0.1) is 6.61 Å². The number of carbonyl (C=O) groups is 1. The molecule has 1 rings (SSSR count). The van der Waals surface area contributed by atoms with Crippen LogP contribution >= 0.6 is 0 Å². The molecule has 0 aromatic heterocycles. The van der Waals surface area contributed by atoms with Gasteiger partial charge in [-0.25, -0.2) is 0 Å². The molecule has 0 unspecified atom stereocenters. The average molecular weight is 214 g/mol. The van der Waals surface area contributed by atoms with Gasteiger partial charge in [-0.1, -0.05) is 20.8 Å². The monoisotopic (exact) mass is 214 g/mol. The van der Waals surface area contributed by atoms with E-state index in [1.54, 1.807) is 0 Å². The molecule has 3 heteroatoms. The molecule has 0 aromatic rings. The highest BCUT2D eigenvalue weighted by atomic mass is 16.5. The summed E-state index contributed by atoms with van der Waals surface area (Å²) in [7, 11) is 0. The lowest BCUT2D eigenvalue weighted by Crippen LogP contribution is -2.27. The Morgan fingerprint density at radius 1 is 1.33 bits per heavy atom. The first-order valence-corrected chi connectivity index (χ1v) is 5.69. The SMILES string of the molecule is CC(C)(C)C(=O)COCC1CCOCC1. The Labute approximate surface area is 92.1 Å². The lowest BCUT2D eigenvalue weighted by atomic mass is 9.91. The maximum atomic E-state index is 11.6. The minimum Gasteiger partial charge on any atom is -0.381 e. The molecule has 88 valence electrons. The van der Waals surface area contributed by atoms with Gasteiger partial charge < -0.3 is 9.47 Å². The molecule has 1 aliphatic heterocycles. The van der Waals surface area contributed by atoms with Gasteiger partial charge in [-0.3, -0.25) is 4.79 Å². The molecule has 0 bridgehead atoms. The van der Waals surface area contributed by atoms with E-state index in [4.69, 9.17) is 9.47 Å². The standard InChI is InChI=1S/C12H22O3/c1-12(2,3)11(13)9-15-8-10-4-6-14-7-5-10/h10H,4-9H2,1-3H3. The van der Waals surface area contributed by atoms with Crippen LogP contribution in [0.1, 0.15) is 33.6 Å². The summed E-state index contributed by atoms with van der Waals surface area (Å²) < 4.78 is 10.7. The highest BCUT2D eigenvalue weighted by Crippen LogP contribution is 2.17. The number of carbonyl (C=O) groups excluding carboxylic acids is 1. The molecule has 0 atom stereocenters. The number of hydrogen-bond acceptors (Lipinski definition) is 3. The van der Waals surface area contributed by atoms with Crippen LogP contribution in [0.4, 0.5) is 0 Å². The van der Waals surface area contributed by atoms with Crippen LogP contribution in [0.15, 0.2) is 0 Å². The van der Waals surface area contributed by atoms with Crippen LogP contribution in [0.2, 0.25) is 0 Å². The number of ketones is 1. The van der Waals surface area contributed by atoms with E-state index in [9.17, 15) is 4.79 Å². The molecular weight excluding hydrogens is 192 g/mol. The number of Topliss-reactive ketones (excluding diaryl/α,β-unsaturated/α-hetero) is 1. The van der Waals surface area contributed by atoms with Crippen LogP contribution in [0.3, 0.4) is 0 Å². The first-order chi connectivity index (χ1) is 7.00. The van der Waals surface area contributed by atoms with Crippen molar-refractivity contribution in [2.45, 2.75) is 33.6 Å². The van der Waals surface area contributed by atoms with Crippen molar-refractivity contribution in [1.29, 1.82) is 0 Å². The molecule has 1 fully saturated rings. The van der Waals surface area contributed by atoms with Gasteiger partial charge in [-0.15, -0.1) is 0 Å². The third-order valence-electron chi connectivity index (χ3n) is 2.76. The lowest BCUT2D eigenvalue weighted by Gasteiger charge is -2.22. The van der Waals surface area contributed by atoms with Crippen molar-refractivity contribution >= 4 is 5.78 Å². The lowest BCUT2D eigenvalue weighted by molar-refractivity contribution is -0.131. The largest absolute Gasteiger partial charge is 0.381 e. The predicted molar refractivity (Wildman–Crippen MR) is 58.8 cm³/mol. The Morgan fingerprint density at radius 3 is 2.47 bits per heavy atom. The third kappa shape index (κ3) is 4.76. The summed E-state index contributed by atoms with van der Waals surface area (Å²) in [5, 5.41) is 0. The topological polar surface area (TPSA) is 35.5 Å². The molecule has 0 N–H and O–H groups in total. The zero-order valence-electron chi connectivity index (χ0n) is 10.0. The fourth-order valence-electron chi connectivity index (χ4n) is 1.45. The van der Waals surface area contributed by atoms with Gasteiger partial charge in [0.1, 0.15) is 6.61 Å². The zero-order chi connectivity index (χ0) is 11.3. The number of ether oxygens (including phenoxy) is 2. The van der Waals surface area contributed by atoms with Crippen LogP contribution < -0.4 is 0 Å². The van der Waals surface area contributed by atoms with Crippen LogP contribution in [-0.2, 0) is 14.3 Å². The van der Waals surface area contributed by atoms with E-state index < -0.39 is 0 Å². The van der Waals surface area contributed by atoms with Gasteiger partial charge in [0, 0.05) is 18.6 Å². The summed E-state index contributed by atoms with van der Waals surface area (Å²) in [6, 6.07) is 0. The molecule has 1 saturated heterocycles. The van der Waals surface area contributed by atoms with E-state index in [-0.39, 0.29) is 17.8 Å². The molecule has 3 nitrogen and oxygen atoms in total. The summed E-state index contributed by atoms with van der Waals surface area (Å²) in [5.74, 6) is 0.751. The van der Waals surface area contributed by atoms with Crippen molar-refractivity contribution in [1.82, 2.24) is 0 Å². The van der Waals surface area contributed by atoms with Crippen molar-refractivity contribution in [2.24, 2.45) is 11.3 Å². The Bertz CT molecular complexity index is 199. The first kappa shape index (κ1) is 12.7. The predicted octanol–water partition coefficient (Wildman–Crippen LogP) is 2.04. The maximum absolute atomic E-state index is 11.6. The zero-order valence-corrected chi connectivity index (χ0v) is 10.0. The van der Waals surface area contributed by atoms with Gasteiger partial charge in [0.15, 0.2) is 5.78 Å². The minimum absolute atomic E-state index is 0.176. The molecule has 0 saturated carbocycles. The summed E-state index contributed by atoms with van der Waals surface area (Å²) in [5.41, 5.74) is -0.282. The molecule has 1 aliphatic rings. The van der Waals surface area contributed by atoms with Crippen molar-refractivity contribution in [3.05, 3.63) is 0 Å². The normalized spacial score (nSPS) is 19.1. The second kappa shape index (κ2) is 5.61. The Kier molecular flexibility index (Phi) is 4.74. The van der Waals surface area contributed by atoms with E-state index in [1.165, 1.54) is 0 Å². The summed E-state index contributed by atoms with van der Waals surface area (Å²) in [6.45, 7) is 8.39. The minimum atomic E-state index is -0.282. The Hall–Kier alpha value is -0.410. The summed E-state index contributed by atoms with van der Waals surface area (Å²) in [4.78, 5) is 11.6. The van der Waals surface area contributed by atoms with E-state index in [2.05, 4.69) is 0 Å². The number of hydrogen-bond donors (Lipinski definition) is 0.